The molecule has 7 heteroatoms. The molecule has 30 heavy (non-hydrogen) atoms. The van der Waals surface area contributed by atoms with Crippen LogP contribution in [0.15, 0.2) is 53.9 Å². The van der Waals surface area contributed by atoms with Crippen LogP contribution in [-0.4, -0.2) is 55.6 Å². The van der Waals surface area contributed by atoms with Gasteiger partial charge in [0.25, 0.3) is 0 Å². The number of amides is 1. The number of aromatic nitrogens is 1. The summed E-state index contributed by atoms with van der Waals surface area (Å²) in [6, 6.07) is 15.8. The number of thiazole rings is 1. The van der Waals surface area contributed by atoms with Gasteiger partial charge in [-0.1, -0.05) is 30.3 Å². The summed E-state index contributed by atoms with van der Waals surface area (Å²) in [5, 5.41) is 6.13. The number of nitrogens with zero attached hydrogens (tertiary/aromatic N) is 3. The van der Waals surface area contributed by atoms with E-state index in [-0.39, 0.29) is 5.91 Å². The van der Waals surface area contributed by atoms with Crippen LogP contribution in [-0.2, 0) is 4.79 Å². The third-order valence-corrected chi connectivity index (χ3v) is 6.19. The highest BCUT2D eigenvalue weighted by Crippen LogP contribution is 2.29. The Hall–Kier alpha value is -2.90. The molecular weight excluding hydrogens is 396 g/mol. The summed E-state index contributed by atoms with van der Waals surface area (Å²) in [6.07, 6.45) is 0. The fourth-order valence-electron chi connectivity index (χ4n) is 3.53. The first kappa shape index (κ1) is 20.4. The maximum atomic E-state index is 12.4. The molecule has 4 rings (SSSR count). The van der Waals surface area contributed by atoms with Gasteiger partial charge in [-0.15, -0.1) is 11.3 Å². The fraction of sp³-hybridized carbons (Fsp3) is 0.304. The Morgan fingerprint density at radius 1 is 1.13 bits per heavy atom. The first-order valence-electron chi connectivity index (χ1n) is 10.0. The second-order valence-corrected chi connectivity index (χ2v) is 8.21. The smallest absolute Gasteiger partial charge is 0.238 e. The number of ether oxygens (including phenoxy) is 1. The van der Waals surface area contributed by atoms with E-state index < -0.39 is 0 Å². The van der Waals surface area contributed by atoms with Crippen molar-refractivity contribution < 1.29 is 9.53 Å². The molecular formula is C23H26N4O2S. The number of anilines is 2. The number of carbonyl (C=O) groups is 1. The average molecular weight is 423 g/mol. The largest absolute Gasteiger partial charge is 0.497 e. The summed E-state index contributed by atoms with van der Waals surface area (Å²) in [4.78, 5) is 21.7. The van der Waals surface area contributed by atoms with E-state index in [0.29, 0.717) is 6.54 Å². The SMILES string of the molecule is COc1cccc(-c2csc(N3CCN(CC(=O)Nc4ccccc4C)CC3)n2)c1. The summed E-state index contributed by atoms with van der Waals surface area (Å²) < 4.78 is 5.31. The lowest BCUT2D eigenvalue weighted by atomic mass is 10.2. The van der Waals surface area contributed by atoms with E-state index >= 15 is 0 Å². The normalized spacial score (nSPS) is 14.5. The minimum Gasteiger partial charge on any atom is -0.497 e. The van der Waals surface area contributed by atoms with E-state index in [2.05, 4.69) is 20.5 Å². The molecule has 0 unspecified atom stereocenters. The van der Waals surface area contributed by atoms with Crippen LogP contribution in [0.3, 0.4) is 0 Å². The van der Waals surface area contributed by atoms with Crippen LogP contribution in [0.1, 0.15) is 5.56 Å². The summed E-state index contributed by atoms with van der Waals surface area (Å²) in [5.41, 5.74) is 3.98. The second-order valence-electron chi connectivity index (χ2n) is 7.37. The predicted octanol–water partition coefficient (Wildman–Crippen LogP) is 3.89. The minimum absolute atomic E-state index is 0.0345. The number of methoxy groups -OCH3 is 1. The van der Waals surface area contributed by atoms with Gasteiger partial charge in [0.1, 0.15) is 5.75 Å². The third-order valence-electron chi connectivity index (χ3n) is 5.29. The number of aryl methyl sites for hydroxylation is 1. The average Bonchev–Trinajstić information content (AvgIpc) is 3.26. The number of para-hydroxylation sites is 1. The first-order chi connectivity index (χ1) is 14.6. The minimum atomic E-state index is 0.0345. The lowest BCUT2D eigenvalue weighted by Gasteiger charge is -2.34. The highest BCUT2D eigenvalue weighted by molar-refractivity contribution is 7.14. The topological polar surface area (TPSA) is 57.7 Å². The molecule has 0 atom stereocenters. The van der Waals surface area contributed by atoms with Crippen molar-refractivity contribution in [3.8, 4) is 17.0 Å². The number of benzene rings is 2. The van der Waals surface area contributed by atoms with E-state index in [1.165, 1.54) is 0 Å². The molecule has 2 heterocycles. The zero-order chi connectivity index (χ0) is 20.9. The summed E-state index contributed by atoms with van der Waals surface area (Å²) in [5.74, 6) is 0.868. The van der Waals surface area contributed by atoms with E-state index in [0.717, 1.165) is 59.6 Å². The number of hydrogen-bond donors (Lipinski definition) is 1. The number of piperazine rings is 1. The van der Waals surface area contributed by atoms with Crippen LogP contribution >= 0.6 is 11.3 Å². The number of nitrogens with one attached hydrogen (secondary N) is 1. The molecule has 6 nitrogen and oxygen atoms in total. The summed E-state index contributed by atoms with van der Waals surface area (Å²) in [6.45, 7) is 5.83. The Labute approximate surface area is 181 Å². The van der Waals surface area contributed by atoms with Gasteiger partial charge in [0.15, 0.2) is 5.13 Å². The predicted molar refractivity (Wildman–Crippen MR) is 123 cm³/mol. The molecule has 1 saturated heterocycles. The van der Waals surface area contributed by atoms with Gasteiger partial charge in [0.05, 0.1) is 19.3 Å². The van der Waals surface area contributed by atoms with Crippen LogP contribution in [0.2, 0.25) is 0 Å². The van der Waals surface area contributed by atoms with Crippen molar-refractivity contribution in [1.29, 1.82) is 0 Å². The molecule has 3 aromatic rings. The molecule has 0 aliphatic carbocycles. The Bertz CT molecular complexity index is 1010. The Morgan fingerprint density at radius 2 is 1.93 bits per heavy atom. The van der Waals surface area contributed by atoms with Crippen LogP contribution in [0.5, 0.6) is 5.75 Å². The van der Waals surface area contributed by atoms with Crippen LogP contribution in [0.25, 0.3) is 11.3 Å². The Kier molecular flexibility index (Phi) is 6.30. The molecule has 1 fully saturated rings. The quantitative estimate of drug-likeness (QED) is 0.653. The Morgan fingerprint density at radius 3 is 2.70 bits per heavy atom. The molecule has 1 aliphatic heterocycles. The zero-order valence-corrected chi connectivity index (χ0v) is 18.1. The summed E-state index contributed by atoms with van der Waals surface area (Å²) >= 11 is 1.66. The van der Waals surface area contributed by atoms with Gasteiger partial charge in [-0.2, -0.15) is 0 Å². The molecule has 0 radical (unpaired) electrons. The molecule has 0 spiro atoms. The number of carbonyl (C=O) groups excluding carboxylic acids is 1. The lowest BCUT2D eigenvalue weighted by Crippen LogP contribution is -2.48. The molecule has 2 aromatic carbocycles. The van der Waals surface area contributed by atoms with Gasteiger partial charge >= 0.3 is 0 Å². The molecule has 1 aliphatic rings. The van der Waals surface area contributed by atoms with Gasteiger partial charge in [-0.25, -0.2) is 4.98 Å². The molecule has 1 aromatic heterocycles. The van der Waals surface area contributed by atoms with Crippen molar-refractivity contribution in [1.82, 2.24) is 9.88 Å². The molecule has 1 N–H and O–H groups in total. The van der Waals surface area contributed by atoms with Crippen LogP contribution in [0.4, 0.5) is 10.8 Å². The van der Waals surface area contributed by atoms with E-state index in [4.69, 9.17) is 9.72 Å². The second kappa shape index (κ2) is 9.28. The molecule has 0 bridgehead atoms. The van der Waals surface area contributed by atoms with Crippen molar-refractivity contribution in [2.45, 2.75) is 6.92 Å². The first-order valence-corrected chi connectivity index (χ1v) is 10.9. The van der Waals surface area contributed by atoms with Crippen molar-refractivity contribution in [3.05, 3.63) is 59.5 Å². The van der Waals surface area contributed by atoms with Crippen LogP contribution in [0, 0.1) is 6.92 Å². The zero-order valence-electron chi connectivity index (χ0n) is 17.3. The summed E-state index contributed by atoms with van der Waals surface area (Å²) in [7, 11) is 1.67. The van der Waals surface area contributed by atoms with Crippen molar-refractivity contribution in [2.75, 3.05) is 50.1 Å². The van der Waals surface area contributed by atoms with Crippen molar-refractivity contribution in [2.24, 2.45) is 0 Å². The van der Waals surface area contributed by atoms with Gasteiger partial charge in [-0.05, 0) is 30.7 Å². The lowest BCUT2D eigenvalue weighted by molar-refractivity contribution is -0.117. The van der Waals surface area contributed by atoms with Gasteiger partial charge in [-0.3, -0.25) is 9.69 Å². The van der Waals surface area contributed by atoms with Gasteiger partial charge in [0, 0.05) is 42.8 Å². The van der Waals surface area contributed by atoms with E-state index in [1.807, 2.05) is 55.5 Å². The Balaban J connectivity index is 1.31. The molecule has 1 amide bonds. The monoisotopic (exact) mass is 422 g/mol. The molecule has 156 valence electrons. The highest BCUT2D eigenvalue weighted by Gasteiger charge is 2.21. The number of hydrogen-bond acceptors (Lipinski definition) is 6. The van der Waals surface area contributed by atoms with Crippen LogP contribution < -0.4 is 15.0 Å². The van der Waals surface area contributed by atoms with Gasteiger partial charge in [0.2, 0.25) is 5.91 Å². The highest BCUT2D eigenvalue weighted by atomic mass is 32.1. The van der Waals surface area contributed by atoms with E-state index in [1.54, 1.807) is 18.4 Å². The molecule has 0 saturated carbocycles. The fourth-order valence-corrected chi connectivity index (χ4v) is 4.42. The van der Waals surface area contributed by atoms with Crippen molar-refractivity contribution >= 4 is 28.1 Å². The standard InChI is InChI=1S/C23H26N4O2S/c1-17-6-3-4-9-20(17)24-22(28)15-26-10-12-27(13-11-26)23-25-21(16-30-23)18-7-5-8-19(14-18)29-2/h3-9,14,16H,10-13,15H2,1-2H3,(H,24,28). The maximum absolute atomic E-state index is 12.4. The maximum Gasteiger partial charge on any atom is 0.238 e. The van der Waals surface area contributed by atoms with Crippen molar-refractivity contribution in [3.63, 3.8) is 0 Å². The van der Waals surface area contributed by atoms with Gasteiger partial charge < -0.3 is 15.0 Å². The number of rotatable bonds is 6. The third kappa shape index (κ3) is 4.80. The van der Waals surface area contributed by atoms with E-state index in [9.17, 15) is 4.79 Å².